The van der Waals surface area contributed by atoms with Gasteiger partial charge in [0, 0.05) is 29.7 Å². The lowest BCUT2D eigenvalue weighted by Crippen LogP contribution is -2.20. The molecule has 0 N–H and O–H groups in total. The third kappa shape index (κ3) is 3.55. The number of rotatable bonds is 4. The summed E-state index contributed by atoms with van der Waals surface area (Å²) in [5, 5.41) is 5.67. The Kier molecular flexibility index (Phi) is 4.95. The van der Waals surface area contributed by atoms with Crippen LogP contribution in [0.2, 0.25) is 0 Å². The summed E-state index contributed by atoms with van der Waals surface area (Å²) < 4.78 is 22.0. The Morgan fingerprint density at radius 3 is 2.59 bits per heavy atom. The largest absolute Gasteiger partial charge is 0.453 e. The molecule has 2 aromatic heterocycles. The first kappa shape index (κ1) is 20.4. The molecule has 0 spiro atoms. The zero-order chi connectivity index (χ0) is 23.1. The first-order valence-corrected chi connectivity index (χ1v) is 11.3. The molecule has 0 unspecified atom stereocenters. The predicted octanol–water partition coefficient (Wildman–Crippen LogP) is 5.43. The van der Waals surface area contributed by atoms with Gasteiger partial charge in [0.05, 0.1) is 17.1 Å². The summed E-state index contributed by atoms with van der Waals surface area (Å²) >= 11 is 0. The summed E-state index contributed by atoms with van der Waals surface area (Å²) in [5.74, 6) is 0.275. The van der Waals surface area contributed by atoms with Crippen molar-refractivity contribution in [3.8, 4) is 11.6 Å². The molecule has 0 radical (unpaired) electrons. The highest BCUT2D eigenvalue weighted by Crippen LogP contribution is 2.27. The number of furan rings is 1. The van der Waals surface area contributed by atoms with Crippen LogP contribution >= 0.6 is 0 Å². The topological polar surface area (TPSA) is 63.6 Å². The molecular formula is C27H21FN4O2. The molecule has 0 amide bonds. The van der Waals surface area contributed by atoms with Crippen molar-refractivity contribution in [1.82, 2.24) is 9.66 Å². The maximum Gasteiger partial charge on any atom is 0.282 e. The van der Waals surface area contributed by atoms with Crippen molar-refractivity contribution in [2.45, 2.75) is 12.8 Å². The number of anilines is 1. The lowest BCUT2D eigenvalue weighted by atomic mass is 10.2. The molecule has 7 heteroatoms. The summed E-state index contributed by atoms with van der Waals surface area (Å²) in [5.41, 5.74) is 2.01. The van der Waals surface area contributed by atoms with E-state index in [-0.39, 0.29) is 17.2 Å². The van der Waals surface area contributed by atoms with Crippen LogP contribution in [0.3, 0.4) is 0 Å². The minimum atomic E-state index is -0.389. The molecule has 0 atom stereocenters. The van der Waals surface area contributed by atoms with Gasteiger partial charge in [0.25, 0.3) is 5.56 Å². The monoisotopic (exact) mass is 452 g/mol. The van der Waals surface area contributed by atoms with Crippen molar-refractivity contribution in [1.29, 1.82) is 0 Å². The third-order valence-electron chi connectivity index (χ3n) is 6.17. The van der Waals surface area contributed by atoms with Crippen molar-refractivity contribution in [2.75, 3.05) is 18.0 Å². The van der Waals surface area contributed by atoms with Gasteiger partial charge in [-0.1, -0.05) is 30.3 Å². The number of hydrogen-bond donors (Lipinski definition) is 0. The summed E-state index contributed by atoms with van der Waals surface area (Å²) in [4.78, 5) is 20.2. The molecule has 6 nitrogen and oxygen atoms in total. The molecular weight excluding hydrogens is 431 g/mol. The summed E-state index contributed by atoms with van der Waals surface area (Å²) in [6.45, 7) is 1.87. The highest BCUT2D eigenvalue weighted by molar-refractivity contribution is 5.85. The van der Waals surface area contributed by atoms with Crippen LogP contribution in [-0.4, -0.2) is 29.0 Å². The quantitative estimate of drug-likeness (QED) is 0.341. The van der Waals surface area contributed by atoms with Crippen molar-refractivity contribution in [3.63, 3.8) is 0 Å². The maximum atomic E-state index is 14.9. The van der Waals surface area contributed by atoms with Crippen LogP contribution in [-0.2, 0) is 0 Å². The normalized spacial score (nSPS) is 14.1. The maximum absolute atomic E-state index is 14.9. The number of halogens is 1. The second kappa shape index (κ2) is 8.26. The van der Waals surface area contributed by atoms with Gasteiger partial charge in [0.1, 0.15) is 11.4 Å². The Morgan fingerprint density at radius 1 is 0.971 bits per heavy atom. The van der Waals surface area contributed by atoms with Crippen LogP contribution in [0.25, 0.3) is 33.5 Å². The average Bonchev–Trinajstić information content (AvgIpc) is 3.54. The van der Waals surface area contributed by atoms with Crippen LogP contribution in [0, 0.1) is 5.82 Å². The summed E-state index contributed by atoms with van der Waals surface area (Å²) in [7, 11) is 0. The molecule has 3 aromatic carbocycles. The SMILES string of the molecule is O=c1c2ccccc2nc(-c2cc3ccccc3o2)n1N=Cc1ccc(N2CCCC2)cc1F. The van der Waals surface area contributed by atoms with Crippen molar-refractivity contribution in [2.24, 2.45) is 5.10 Å². The van der Waals surface area contributed by atoms with E-state index in [1.54, 1.807) is 24.3 Å². The second-order valence-corrected chi connectivity index (χ2v) is 8.36. The Hall–Kier alpha value is -4.26. The first-order valence-electron chi connectivity index (χ1n) is 11.3. The molecule has 1 saturated heterocycles. The zero-order valence-corrected chi connectivity index (χ0v) is 18.3. The first-order chi connectivity index (χ1) is 16.7. The van der Waals surface area contributed by atoms with E-state index in [0.717, 1.165) is 37.0 Å². The van der Waals surface area contributed by atoms with E-state index in [9.17, 15) is 9.18 Å². The van der Waals surface area contributed by atoms with E-state index in [4.69, 9.17) is 4.42 Å². The number of hydrogen-bond acceptors (Lipinski definition) is 5. The van der Waals surface area contributed by atoms with Crippen molar-refractivity contribution in [3.05, 3.63) is 94.5 Å². The average molecular weight is 452 g/mol. The molecule has 0 aliphatic carbocycles. The van der Waals surface area contributed by atoms with Crippen molar-refractivity contribution < 1.29 is 8.81 Å². The van der Waals surface area contributed by atoms with Crippen LogP contribution in [0.1, 0.15) is 18.4 Å². The smallest absolute Gasteiger partial charge is 0.282 e. The number of para-hydroxylation sites is 2. The van der Waals surface area contributed by atoms with E-state index < -0.39 is 0 Å². The van der Waals surface area contributed by atoms with Crippen LogP contribution < -0.4 is 10.5 Å². The Bertz CT molecular complexity index is 1580. The molecule has 34 heavy (non-hydrogen) atoms. The molecule has 0 bridgehead atoms. The number of benzene rings is 3. The lowest BCUT2D eigenvalue weighted by Gasteiger charge is -2.17. The summed E-state index contributed by atoms with van der Waals surface area (Å²) in [6.07, 6.45) is 3.59. The standard InChI is InChI=1S/C27H21FN4O2/c28-22-16-20(31-13-5-6-14-31)12-11-19(22)17-29-32-26(25-15-18-7-1-4-10-24(18)34-25)30-23-9-3-2-8-21(23)27(32)33/h1-4,7-12,15-17H,5-6,13-14H2. The highest BCUT2D eigenvalue weighted by atomic mass is 19.1. The molecule has 168 valence electrons. The van der Waals surface area contributed by atoms with E-state index in [2.05, 4.69) is 15.0 Å². The van der Waals surface area contributed by atoms with E-state index in [0.29, 0.717) is 27.8 Å². The van der Waals surface area contributed by atoms with Gasteiger partial charge in [0.2, 0.25) is 5.82 Å². The Balaban J connectivity index is 1.47. The molecule has 0 saturated carbocycles. The lowest BCUT2D eigenvalue weighted by molar-refractivity contribution is 0.615. The van der Waals surface area contributed by atoms with Crippen LogP contribution in [0.4, 0.5) is 10.1 Å². The fraction of sp³-hybridized carbons (Fsp3) is 0.148. The van der Waals surface area contributed by atoms with Gasteiger partial charge < -0.3 is 9.32 Å². The minimum Gasteiger partial charge on any atom is -0.453 e. The van der Waals surface area contributed by atoms with Gasteiger partial charge in [-0.05, 0) is 55.3 Å². The molecule has 1 aliphatic heterocycles. The Morgan fingerprint density at radius 2 is 1.76 bits per heavy atom. The van der Waals surface area contributed by atoms with Gasteiger partial charge >= 0.3 is 0 Å². The Labute approximate surface area is 194 Å². The van der Waals surface area contributed by atoms with Gasteiger partial charge in [-0.15, -0.1) is 0 Å². The molecule has 6 rings (SSSR count). The van der Waals surface area contributed by atoms with E-state index in [1.165, 1.54) is 17.0 Å². The van der Waals surface area contributed by atoms with Crippen molar-refractivity contribution >= 4 is 33.8 Å². The molecule has 1 aliphatic rings. The molecule has 3 heterocycles. The predicted molar refractivity (Wildman–Crippen MR) is 132 cm³/mol. The fourth-order valence-electron chi connectivity index (χ4n) is 4.40. The number of aromatic nitrogens is 2. The van der Waals surface area contributed by atoms with E-state index >= 15 is 0 Å². The van der Waals surface area contributed by atoms with Crippen LogP contribution in [0.15, 0.2) is 87.1 Å². The van der Waals surface area contributed by atoms with Gasteiger partial charge in [-0.2, -0.15) is 9.78 Å². The fourth-order valence-corrected chi connectivity index (χ4v) is 4.40. The molecule has 5 aromatic rings. The number of nitrogens with zero attached hydrogens (tertiary/aromatic N) is 4. The third-order valence-corrected chi connectivity index (χ3v) is 6.17. The van der Waals surface area contributed by atoms with Crippen LogP contribution in [0.5, 0.6) is 0 Å². The van der Waals surface area contributed by atoms with Gasteiger partial charge in [0.15, 0.2) is 5.76 Å². The molecule has 1 fully saturated rings. The zero-order valence-electron chi connectivity index (χ0n) is 18.3. The highest BCUT2D eigenvalue weighted by Gasteiger charge is 2.17. The van der Waals surface area contributed by atoms with Gasteiger partial charge in [-0.25, -0.2) is 9.37 Å². The van der Waals surface area contributed by atoms with E-state index in [1.807, 2.05) is 42.5 Å². The van der Waals surface area contributed by atoms with Gasteiger partial charge in [-0.3, -0.25) is 4.79 Å². The minimum absolute atomic E-state index is 0.255. The second-order valence-electron chi connectivity index (χ2n) is 8.36. The number of fused-ring (bicyclic) bond motifs is 2. The summed E-state index contributed by atoms with van der Waals surface area (Å²) in [6, 6.07) is 21.5.